The van der Waals surface area contributed by atoms with E-state index < -0.39 is 5.97 Å². The van der Waals surface area contributed by atoms with Gasteiger partial charge in [-0.05, 0) is 66.9 Å². The van der Waals surface area contributed by atoms with Crippen molar-refractivity contribution in [2.45, 2.75) is 30.2 Å². The lowest BCUT2D eigenvalue weighted by molar-refractivity contribution is -0.146. The van der Waals surface area contributed by atoms with Gasteiger partial charge in [0.1, 0.15) is 5.75 Å². The number of ether oxygens (including phenoxy) is 1. The minimum atomic E-state index is -0.717. The average Bonchev–Trinajstić information content (AvgIpc) is 3.36. The molecule has 1 aliphatic heterocycles. The van der Waals surface area contributed by atoms with E-state index in [4.69, 9.17) is 22.1 Å². The molecule has 9 heteroatoms. The minimum absolute atomic E-state index is 0.103. The standard InChI is InChI=1S/C25H30ClN3O3S2/c1-32-17-3-5-23-19(12-17)24(21(26)13-28-23)22(27)4-2-16-6-8-29(14-20(16)25(30)31)9-11-34-18-7-10-33-15-18/h3,5,7,10,12-13,15-16,20,22H,2,4,6,8-9,11,14,27H2,1H3,(H,30,31)/t16?,20?,22-/m1/s1. The van der Waals surface area contributed by atoms with Gasteiger partial charge in [-0.3, -0.25) is 9.78 Å². The number of thiophene rings is 1. The van der Waals surface area contributed by atoms with Crippen molar-refractivity contribution in [3.8, 4) is 5.75 Å². The Morgan fingerprint density at radius 3 is 3.03 bits per heavy atom. The predicted octanol–water partition coefficient (Wildman–Crippen LogP) is 5.55. The van der Waals surface area contributed by atoms with Gasteiger partial charge in [-0.2, -0.15) is 11.3 Å². The normalized spacial score (nSPS) is 19.9. The van der Waals surface area contributed by atoms with Crippen LogP contribution in [0, 0.1) is 11.8 Å². The van der Waals surface area contributed by atoms with Gasteiger partial charge in [-0.15, -0.1) is 11.8 Å². The molecule has 1 aromatic carbocycles. The number of aromatic nitrogens is 1. The molecule has 1 fully saturated rings. The summed E-state index contributed by atoms with van der Waals surface area (Å²) in [5.41, 5.74) is 8.28. The number of pyridine rings is 1. The van der Waals surface area contributed by atoms with Crippen LogP contribution in [-0.2, 0) is 4.79 Å². The third-order valence-electron chi connectivity index (χ3n) is 6.62. The van der Waals surface area contributed by atoms with E-state index in [-0.39, 0.29) is 17.9 Å². The molecule has 3 aromatic rings. The molecule has 0 amide bonds. The largest absolute Gasteiger partial charge is 0.497 e. The Kier molecular flexibility index (Phi) is 8.71. The molecular formula is C25H30ClN3O3S2. The van der Waals surface area contributed by atoms with Gasteiger partial charge in [0.15, 0.2) is 0 Å². The van der Waals surface area contributed by atoms with Gasteiger partial charge in [0.05, 0.1) is 23.6 Å². The SMILES string of the molecule is COc1ccc2ncc(Cl)c([C@H](N)CCC3CCN(CCSc4ccsc4)CC3C(=O)O)c2c1. The Morgan fingerprint density at radius 2 is 2.29 bits per heavy atom. The van der Waals surface area contributed by atoms with Gasteiger partial charge in [0.2, 0.25) is 0 Å². The molecule has 3 heterocycles. The molecule has 0 bridgehead atoms. The van der Waals surface area contributed by atoms with Gasteiger partial charge in [0, 0.05) is 46.7 Å². The molecule has 1 saturated heterocycles. The number of likely N-dealkylation sites (tertiary alicyclic amines) is 1. The number of nitrogens with zero attached hydrogens (tertiary/aromatic N) is 2. The fourth-order valence-electron chi connectivity index (χ4n) is 4.73. The van der Waals surface area contributed by atoms with E-state index in [1.54, 1.807) is 24.6 Å². The first-order chi connectivity index (χ1) is 16.5. The maximum atomic E-state index is 12.1. The smallest absolute Gasteiger partial charge is 0.308 e. The van der Waals surface area contributed by atoms with Gasteiger partial charge < -0.3 is 20.5 Å². The zero-order valence-electron chi connectivity index (χ0n) is 19.2. The van der Waals surface area contributed by atoms with Gasteiger partial charge in [0.25, 0.3) is 0 Å². The number of carboxylic acids is 1. The van der Waals surface area contributed by atoms with Crippen molar-refractivity contribution >= 4 is 51.6 Å². The molecule has 1 aliphatic rings. The third-order valence-corrected chi connectivity index (χ3v) is 8.72. The van der Waals surface area contributed by atoms with Crippen LogP contribution in [0.2, 0.25) is 5.02 Å². The first kappa shape index (κ1) is 25.3. The number of benzene rings is 1. The summed E-state index contributed by atoms with van der Waals surface area (Å²) in [6.45, 7) is 2.41. The number of rotatable bonds is 10. The highest BCUT2D eigenvalue weighted by Gasteiger charge is 2.34. The van der Waals surface area contributed by atoms with Gasteiger partial charge >= 0.3 is 5.97 Å². The van der Waals surface area contributed by atoms with Crippen molar-refractivity contribution in [3.63, 3.8) is 0 Å². The van der Waals surface area contributed by atoms with Crippen LogP contribution in [0.25, 0.3) is 10.9 Å². The minimum Gasteiger partial charge on any atom is -0.497 e. The van der Waals surface area contributed by atoms with Crippen molar-refractivity contribution in [1.29, 1.82) is 0 Å². The van der Waals surface area contributed by atoms with Crippen LogP contribution in [0.4, 0.5) is 0 Å². The number of halogens is 1. The lowest BCUT2D eigenvalue weighted by Crippen LogP contribution is -2.44. The van der Waals surface area contributed by atoms with Gasteiger partial charge in [-0.1, -0.05) is 11.6 Å². The molecule has 182 valence electrons. The molecule has 4 rings (SSSR count). The molecule has 34 heavy (non-hydrogen) atoms. The van der Waals surface area contributed by atoms with Crippen molar-refractivity contribution in [3.05, 3.63) is 51.8 Å². The first-order valence-corrected chi connectivity index (χ1v) is 13.7. The lowest BCUT2D eigenvalue weighted by atomic mass is 9.81. The van der Waals surface area contributed by atoms with Crippen LogP contribution in [0.1, 0.15) is 30.9 Å². The van der Waals surface area contributed by atoms with E-state index >= 15 is 0 Å². The number of thioether (sulfide) groups is 1. The van der Waals surface area contributed by atoms with Crippen molar-refractivity contribution in [1.82, 2.24) is 9.88 Å². The second kappa shape index (κ2) is 11.7. The van der Waals surface area contributed by atoms with E-state index in [2.05, 4.69) is 26.7 Å². The van der Waals surface area contributed by atoms with Crippen LogP contribution in [0.3, 0.4) is 0 Å². The summed E-state index contributed by atoms with van der Waals surface area (Å²) in [6.07, 6.45) is 3.92. The first-order valence-electron chi connectivity index (χ1n) is 11.4. The Labute approximate surface area is 213 Å². The zero-order valence-corrected chi connectivity index (χ0v) is 21.5. The van der Waals surface area contributed by atoms with E-state index in [0.29, 0.717) is 18.0 Å². The second-order valence-corrected chi connectivity index (χ2v) is 11.0. The number of carboxylic acid groups (broad SMARTS) is 1. The van der Waals surface area contributed by atoms with Crippen molar-refractivity contribution < 1.29 is 14.6 Å². The Hall–Kier alpha value is -1.84. The number of hydrogen-bond donors (Lipinski definition) is 2. The number of fused-ring (bicyclic) bond motifs is 1. The van der Waals surface area contributed by atoms with Crippen LogP contribution in [-0.4, -0.2) is 53.5 Å². The topological polar surface area (TPSA) is 88.7 Å². The summed E-state index contributed by atoms with van der Waals surface area (Å²) in [6, 6.07) is 7.49. The molecule has 6 nitrogen and oxygen atoms in total. The molecule has 0 saturated carbocycles. The highest BCUT2D eigenvalue weighted by Crippen LogP contribution is 2.36. The van der Waals surface area contributed by atoms with Crippen LogP contribution in [0.15, 0.2) is 46.1 Å². The maximum absolute atomic E-state index is 12.1. The summed E-state index contributed by atoms with van der Waals surface area (Å²) in [5, 5.41) is 15.6. The van der Waals surface area contributed by atoms with Crippen molar-refractivity contribution in [2.75, 3.05) is 32.5 Å². The van der Waals surface area contributed by atoms with E-state index in [9.17, 15) is 9.90 Å². The summed E-state index contributed by atoms with van der Waals surface area (Å²) in [4.78, 5) is 20.1. The summed E-state index contributed by atoms with van der Waals surface area (Å²) >= 11 is 10.0. The number of aliphatic carboxylic acids is 1. The number of carbonyl (C=O) groups is 1. The Bertz CT molecular complexity index is 1110. The van der Waals surface area contributed by atoms with Crippen LogP contribution < -0.4 is 10.5 Å². The highest BCUT2D eigenvalue weighted by molar-refractivity contribution is 7.99. The third kappa shape index (κ3) is 6.04. The fourth-order valence-corrected chi connectivity index (χ4v) is 6.81. The molecule has 2 aromatic heterocycles. The molecule has 0 spiro atoms. The lowest BCUT2D eigenvalue weighted by Gasteiger charge is -2.37. The summed E-state index contributed by atoms with van der Waals surface area (Å²) in [5.74, 6) is 0.698. The van der Waals surface area contributed by atoms with E-state index in [1.807, 2.05) is 30.0 Å². The average molecular weight is 520 g/mol. The van der Waals surface area contributed by atoms with Crippen LogP contribution in [0.5, 0.6) is 5.75 Å². The number of piperidine rings is 1. The summed E-state index contributed by atoms with van der Waals surface area (Å²) < 4.78 is 5.37. The monoisotopic (exact) mass is 519 g/mol. The van der Waals surface area contributed by atoms with Gasteiger partial charge in [-0.25, -0.2) is 0 Å². The molecule has 0 aliphatic carbocycles. The fraction of sp³-hybridized carbons (Fsp3) is 0.440. The zero-order chi connectivity index (χ0) is 24.1. The Balaban J connectivity index is 1.38. The number of hydrogen-bond acceptors (Lipinski definition) is 7. The van der Waals surface area contributed by atoms with E-state index in [1.165, 1.54) is 4.90 Å². The second-order valence-electron chi connectivity index (χ2n) is 8.69. The maximum Gasteiger partial charge on any atom is 0.308 e. The van der Waals surface area contributed by atoms with Crippen molar-refractivity contribution in [2.24, 2.45) is 17.6 Å². The van der Waals surface area contributed by atoms with E-state index in [0.717, 1.165) is 53.9 Å². The predicted molar refractivity (Wildman–Crippen MR) is 140 cm³/mol. The molecule has 2 unspecified atom stereocenters. The summed E-state index contributed by atoms with van der Waals surface area (Å²) in [7, 11) is 1.62. The van der Waals surface area contributed by atoms with Crippen LogP contribution >= 0.6 is 34.7 Å². The molecule has 0 radical (unpaired) electrons. The molecule has 3 atom stereocenters. The highest BCUT2D eigenvalue weighted by atomic mass is 35.5. The quantitative estimate of drug-likeness (QED) is 0.339. The Morgan fingerprint density at radius 1 is 1.44 bits per heavy atom. The number of methoxy groups -OCH3 is 1. The molecule has 3 N–H and O–H groups in total. The number of nitrogens with two attached hydrogens (primary N) is 1. The molecular weight excluding hydrogens is 490 g/mol.